The maximum Gasteiger partial charge on any atom is 0.343 e. The summed E-state index contributed by atoms with van der Waals surface area (Å²) in [7, 11) is 2.97. The van der Waals surface area contributed by atoms with Gasteiger partial charge < -0.3 is 25.3 Å². The lowest BCUT2D eigenvalue weighted by atomic mass is 10.2. The zero-order valence-corrected chi connectivity index (χ0v) is 17.9. The number of hydrogen-bond acceptors (Lipinski definition) is 7. The number of carbonyl (C=O) groups is 2. The molecule has 0 bridgehead atoms. The van der Waals surface area contributed by atoms with Gasteiger partial charge in [-0.05, 0) is 31.2 Å². The predicted octanol–water partition coefficient (Wildman–Crippen LogP) is 3.55. The number of halogens is 1. The van der Waals surface area contributed by atoms with Crippen molar-refractivity contribution in [3.63, 3.8) is 0 Å². The van der Waals surface area contributed by atoms with E-state index in [-0.39, 0.29) is 23.0 Å². The van der Waals surface area contributed by atoms with Gasteiger partial charge in [0, 0.05) is 17.7 Å². The Hall–Kier alpha value is -3.72. The van der Waals surface area contributed by atoms with Crippen molar-refractivity contribution in [2.24, 2.45) is 0 Å². The number of anilines is 2. The standard InChI is InChI=1S/C21H21ClN4O5/c1-4-31-21(28)15-11-24-26(19(15)23)13-7-5-12(6-8-13)20(27)25-18-16(22)9-14(29-2)10-17(18)30-3/h5-11H,4,23H2,1-3H3,(H,25,27). The summed E-state index contributed by atoms with van der Waals surface area (Å²) in [5.74, 6) is 0.0730. The average molecular weight is 445 g/mol. The fourth-order valence-electron chi connectivity index (χ4n) is 2.83. The average Bonchev–Trinajstić information content (AvgIpc) is 3.16. The van der Waals surface area contributed by atoms with Crippen molar-refractivity contribution in [2.45, 2.75) is 6.92 Å². The van der Waals surface area contributed by atoms with E-state index in [2.05, 4.69) is 10.4 Å². The highest BCUT2D eigenvalue weighted by Gasteiger charge is 2.18. The molecule has 3 rings (SSSR count). The number of nitrogen functional groups attached to an aromatic ring is 1. The van der Waals surface area contributed by atoms with Gasteiger partial charge in [-0.15, -0.1) is 0 Å². The van der Waals surface area contributed by atoms with E-state index in [1.54, 1.807) is 43.3 Å². The number of carbonyl (C=O) groups excluding carboxylic acids is 2. The summed E-state index contributed by atoms with van der Waals surface area (Å²) < 4.78 is 16.8. The summed E-state index contributed by atoms with van der Waals surface area (Å²) >= 11 is 6.26. The smallest absolute Gasteiger partial charge is 0.343 e. The highest BCUT2D eigenvalue weighted by molar-refractivity contribution is 6.34. The number of hydrogen-bond donors (Lipinski definition) is 2. The Morgan fingerprint density at radius 1 is 1.16 bits per heavy atom. The van der Waals surface area contributed by atoms with Gasteiger partial charge in [-0.25, -0.2) is 9.48 Å². The Kier molecular flexibility index (Phi) is 6.66. The minimum atomic E-state index is -0.549. The molecule has 0 spiro atoms. The molecule has 3 aromatic rings. The van der Waals surface area contributed by atoms with Crippen LogP contribution in [0.5, 0.6) is 11.5 Å². The zero-order chi connectivity index (χ0) is 22.5. The summed E-state index contributed by atoms with van der Waals surface area (Å²) in [6.45, 7) is 1.94. The van der Waals surface area contributed by atoms with Gasteiger partial charge >= 0.3 is 5.97 Å². The molecule has 162 valence electrons. The Labute approximate surface area is 183 Å². The van der Waals surface area contributed by atoms with E-state index in [1.165, 1.54) is 25.1 Å². The molecule has 0 saturated heterocycles. The first kappa shape index (κ1) is 22.0. The fraction of sp³-hybridized carbons (Fsp3) is 0.190. The number of nitrogens with zero attached hydrogens (tertiary/aromatic N) is 2. The van der Waals surface area contributed by atoms with E-state index >= 15 is 0 Å². The Morgan fingerprint density at radius 2 is 1.87 bits per heavy atom. The van der Waals surface area contributed by atoms with Crippen LogP contribution in [0.1, 0.15) is 27.6 Å². The molecular formula is C21H21ClN4O5. The van der Waals surface area contributed by atoms with Gasteiger partial charge in [0.1, 0.15) is 28.6 Å². The first-order valence-electron chi connectivity index (χ1n) is 9.23. The Balaban J connectivity index is 1.81. The number of benzene rings is 2. The van der Waals surface area contributed by atoms with E-state index in [0.717, 1.165) is 0 Å². The van der Waals surface area contributed by atoms with Gasteiger partial charge in [-0.1, -0.05) is 11.6 Å². The van der Waals surface area contributed by atoms with Crippen molar-refractivity contribution in [1.29, 1.82) is 0 Å². The third kappa shape index (κ3) is 4.56. The van der Waals surface area contributed by atoms with Crippen LogP contribution in [0.15, 0.2) is 42.6 Å². The van der Waals surface area contributed by atoms with E-state index in [0.29, 0.717) is 28.4 Å². The largest absolute Gasteiger partial charge is 0.497 e. The third-order valence-electron chi connectivity index (χ3n) is 4.40. The molecule has 9 nitrogen and oxygen atoms in total. The minimum absolute atomic E-state index is 0.144. The Bertz CT molecular complexity index is 1110. The minimum Gasteiger partial charge on any atom is -0.497 e. The summed E-state index contributed by atoms with van der Waals surface area (Å²) in [4.78, 5) is 24.6. The lowest BCUT2D eigenvalue weighted by Crippen LogP contribution is -2.13. The molecule has 31 heavy (non-hydrogen) atoms. The quantitative estimate of drug-likeness (QED) is 0.535. The summed E-state index contributed by atoms with van der Waals surface area (Å²) in [6, 6.07) is 9.69. The molecule has 3 N–H and O–H groups in total. The van der Waals surface area contributed by atoms with Crippen LogP contribution < -0.4 is 20.5 Å². The number of aromatic nitrogens is 2. The lowest BCUT2D eigenvalue weighted by Gasteiger charge is -2.14. The number of ether oxygens (including phenoxy) is 3. The van der Waals surface area contributed by atoms with Gasteiger partial charge in [0.05, 0.1) is 37.7 Å². The van der Waals surface area contributed by atoms with Gasteiger partial charge in [0.25, 0.3) is 5.91 Å². The number of methoxy groups -OCH3 is 2. The number of esters is 1. The highest BCUT2D eigenvalue weighted by Crippen LogP contribution is 2.37. The molecule has 0 aliphatic heterocycles. The normalized spacial score (nSPS) is 10.5. The third-order valence-corrected chi connectivity index (χ3v) is 4.70. The van der Waals surface area contributed by atoms with Crippen molar-refractivity contribution in [1.82, 2.24) is 9.78 Å². The summed E-state index contributed by atoms with van der Waals surface area (Å²) in [6.07, 6.45) is 1.34. The van der Waals surface area contributed by atoms with Crippen molar-refractivity contribution in [3.05, 3.63) is 58.7 Å². The first-order chi connectivity index (χ1) is 14.9. The van der Waals surface area contributed by atoms with E-state index in [9.17, 15) is 9.59 Å². The van der Waals surface area contributed by atoms with Crippen LogP contribution in [0.2, 0.25) is 5.02 Å². The van der Waals surface area contributed by atoms with Crippen LogP contribution in [-0.4, -0.2) is 42.5 Å². The highest BCUT2D eigenvalue weighted by atomic mass is 35.5. The van der Waals surface area contributed by atoms with Crippen molar-refractivity contribution in [2.75, 3.05) is 31.9 Å². The van der Waals surface area contributed by atoms with E-state index < -0.39 is 11.9 Å². The molecule has 10 heteroatoms. The second kappa shape index (κ2) is 9.40. The molecule has 0 aliphatic carbocycles. The summed E-state index contributed by atoms with van der Waals surface area (Å²) in [5, 5.41) is 7.14. The van der Waals surface area contributed by atoms with Crippen molar-refractivity contribution >= 4 is 35.0 Å². The molecule has 0 saturated carbocycles. The second-order valence-corrected chi connectivity index (χ2v) is 6.67. The maximum atomic E-state index is 12.7. The van der Waals surface area contributed by atoms with Gasteiger partial charge in [-0.3, -0.25) is 4.79 Å². The van der Waals surface area contributed by atoms with E-state index in [4.69, 9.17) is 31.5 Å². The topological polar surface area (TPSA) is 118 Å². The van der Waals surface area contributed by atoms with Gasteiger partial charge in [-0.2, -0.15) is 5.10 Å². The second-order valence-electron chi connectivity index (χ2n) is 6.26. The monoisotopic (exact) mass is 444 g/mol. The molecule has 1 heterocycles. The molecule has 1 aromatic heterocycles. The van der Waals surface area contributed by atoms with Crippen LogP contribution in [-0.2, 0) is 4.74 Å². The van der Waals surface area contributed by atoms with Crippen LogP contribution >= 0.6 is 11.6 Å². The molecule has 0 aliphatic rings. The molecule has 0 radical (unpaired) electrons. The van der Waals surface area contributed by atoms with Crippen molar-refractivity contribution < 1.29 is 23.8 Å². The summed E-state index contributed by atoms with van der Waals surface area (Å²) in [5.41, 5.74) is 7.46. The first-order valence-corrected chi connectivity index (χ1v) is 9.61. The Morgan fingerprint density at radius 3 is 2.48 bits per heavy atom. The SMILES string of the molecule is CCOC(=O)c1cnn(-c2ccc(C(=O)Nc3c(Cl)cc(OC)cc3OC)cc2)c1N. The van der Waals surface area contributed by atoms with Crippen LogP contribution in [0.25, 0.3) is 5.69 Å². The molecule has 2 aromatic carbocycles. The fourth-order valence-corrected chi connectivity index (χ4v) is 3.08. The molecule has 0 fully saturated rings. The number of nitrogens with two attached hydrogens (primary N) is 1. The lowest BCUT2D eigenvalue weighted by molar-refractivity contribution is 0.0527. The number of amides is 1. The number of rotatable bonds is 7. The maximum absolute atomic E-state index is 12.7. The molecule has 0 unspecified atom stereocenters. The zero-order valence-electron chi connectivity index (χ0n) is 17.1. The van der Waals surface area contributed by atoms with E-state index in [1.807, 2.05) is 0 Å². The molecule has 0 atom stereocenters. The van der Waals surface area contributed by atoms with Gasteiger partial charge in [0.15, 0.2) is 0 Å². The predicted molar refractivity (Wildman–Crippen MR) is 116 cm³/mol. The number of nitrogens with one attached hydrogen (secondary N) is 1. The van der Waals surface area contributed by atoms with Crippen LogP contribution in [0.3, 0.4) is 0 Å². The molecule has 1 amide bonds. The molecular weight excluding hydrogens is 424 g/mol. The van der Waals surface area contributed by atoms with Crippen molar-refractivity contribution in [3.8, 4) is 17.2 Å². The van der Waals surface area contributed by atoms with Crippen LogP contribution in [0.4, 0.5) is 11.5 Å². The van der Waals surface area contributed by atoms with Crippen LogP contribution in [0, 0.1) is 0 Å². The van der Waals surface area contributed by atoms with Gasteiger partial charge in [0.2, 0.25) is 0 Å².